The van der Waals surface area contributed by atoms with Gasteiger partial charge in [-0.15, -0.1) is 0 Å². The Morgan fingerprint density at radius 1 is 1.06 bits per heavy atom. The van der Waals surface area contributed by atoms with Crippen LogP contribution in [-0.2, 0) is 0 Å². The van der Waals surface area contributed by atoms with Crippen LogP contribution in [0.1, 0.15) is 0 Å². The molecule has 3 aromatic rings. The predicted octanol–water partition coefficient (Wildman–Crippen LogP) is 1.97. The maximum absolute atomic E-state index is 12.3. The molecule has 18 heavy (non-hydrogen) atoms. The van der Waals surface area contributed by atoms with E-state index in [1.54, 1.807) is 18.2 Å². The van der Waals surface area contributed by atoms with Crippen LogP contribution in [0.2, 0.25) is 0 Å². The fraction of sp³-hybridized carbons (Fsp3) is 0. The fourth-order valence-electron chi connectivity index (χ4n) is 1.91. The van der Waals surface area contributed by atoms with Gasteiger partial charge in [-0.1, -0.05) is 18.2 Å². The molecule has 3 rings (SSSR count). The van der Waals surface area contributed by atoms with Gasteiger partial charge in [0.15, 0.2) is 0 Å². The molecule has 2 N–H and O–H groups in total. The molecule has 0 aliphatic carbocycles. The smallest absolute Gasteiger partial charge is 0.265 e. The van der Waals surface area contributed by atoms with E-state index in [1.165, 1.54) is 10.9 Å². The highest BCUT2D eigenvalue weighted by molar-refractivity contribution is 5.81. The van der Waals surface area contributed by atoms with Crippen LogP contribution in [0, 0.1) is 0 Å². The van der Waals surface area contributed by atoms with Crippen molar-refractivity contribution in [2.45, 2.75) is 0 Å². The maximum Gasteiger partial charge on any atom is 0.265 e. The van der Waals surface area contributed by atoms with Crippen molar-refractivity contribution in [3.8, 4) is 5.69 Å². The first-order valence-corrected chi connectivity index (χ1v) is 5.58. The van der Waals surface area contributed by atoms with Gasteiger partial charge in [0.2, 0.25) is 0 Å². The zero-order chi connectivity index (χ0) is 12.5. The Morgan fingerprint density at radius 3 is 2.61 bits per heavy atom. The summed E-state index contributed by atoms with van der Waals surface area (Å²) in [5, 5.41) is 0.529. The lowest BCUT2D eigenvalue weighted by Crippen LogP contribution is -2.18. The number of para-hydroxylation sites is 1. The number of hydrogen-bond donors (Lipinski definition) is 1. The van der Waals surface area contributed by atoms with Crippen molar-refractivity contribution in [2.75, 3.05) is 5.73 Å². The summed E-state index contributed by atoms with van der Waals surface area (Å²) >= 11 is 0. The summed E-state index contributed by atoms with van der Waals surface area (Å²) in [5.41, 5.74) is 7.60. The number of anilines is 1. The summed E-state index contributed by atoms with van der Waals surface area (Å²) < 4.78 is 1.52. The number of rotatable bonds is 1. The van der Waals surface area contributed by atoms with Crippen LogP contribution in [0.15, 0.2) is 59.7 Å². The normalized spacial score (nSPS) is 10.7. The van der Waals surface area contributed by atoms with Gasteiger partial charge in [-0.25, -0.2) is 4.98 Å². The first-order chi connectivity index (χ1) is 8.75. The van der Waals surface area contributed by atoms with E-state index in [1.807, 2.05) is 30.3 Å². The predicted molar refractivity (Wildman–Crippen MR) is 71.8 cm³/mol. The summed E-state index contributed by atoms with van der Waals surface area (Å²) in [6.07, 6.45) is 1.54. The van der Waals surface area contributed by atoms with E-state index >= 15 is 0 Å². The Hall–Kier alpha value is -2.62. The van der Waals surface area contributed by atoms with Crippen LogP contribution in [0.5, 0.6) is 0 Å². The third-order valence-electron chi connectivity index (χ3n) is 2.82. The monoisotopic (exact) mass is 237 g/mol. The van der Waals surface area contributed by atoms with Crippen molar-refractivity contribution >= 4 is 16.6 Å². The van der Waals surface area contributed by atoms with Crippen molar-refractivity contribution in [1.29, 1.82) is 0 Å². The van der Waals surface area contributed by atoms with E-state index in [0.29, 0.717) is 16.6 Å². The summed E-state index contributed by atoms with van der Waals surface area (Å²) in [6, 6.07) is 14.5. The van der Waals surface area contributed by atoms with Crippen LogP contribution in [0.4, 0.5) is 5.69 Å². The van der Waals surface area contributed by atoms with Gasteiger partial charge in [-0.3, -0.25) is 9.36 Å². The van der Waals surface area contributed by atoms with Crippen molar-refractivity contribution in [3.05, 3.63) is 65.2 Å². The van der Waals surface area contributed by atoms with Gasteiger partial charge in [0.05, 0.1) is 16.6 Å². The molecule has 0 aliphatic rings. The number of hydrogen-bond acceptors (Lipinski definition) is 3. The molecular weight excluding hydrogens is 226 g/mol. The average Bonchev–Trinajstić information content (AvgIpc) is 2.41. The molecule has 0 saturated heterocycles. The zero-order valence-electron chi connectivity index (χ0n) is 9.58. The molecule has 1 aromatic heterocycles. The zero-order valence-corrected chi connectivity index (χ0v) is 9.58. The number of aromatic nitrogens is 2. The first-order valence-electron chi connectivity index (χ1n) is 5.58. The Morgan fingerprint density at radius 2 is 1.83 bits per heavy atom. The fourth-order valence-corrected chi connectivity index (χ4v) is 1.91. The van der Waals surface area contributed by atoms with E-state index in [-0.39, 0.29) is 5.56 Å². The summed E-state index contributed by atoms with van der Waals surface area (Å²) in [5.74, 6) is 0. The van der Waals surface area contributed by atoms with Gasteiger partial charge < -0.3 is 5.73 Å². The van der Waals surface area contributed by atoms with Crippen LogP contribution < -0.4 is 11.3 Å². The quantitative estimate of drug-likeness (QED) is 0.658. The number of fused-ring (bicyclic) bond motifs is 1. The minimum Gasteiger partial charge on any atom is -0.399 e. The lowest BCUT2D eigenvalue weighted by atomic mass is 10.2. The molecule has 0 spiro atoms. The summed E-state index contributed by atoms with van der Waals surface area (Å²) in [7, 11) is 0. The largest absolute Gasteiger partial charge is 0.399 e. The van der Waals surface area contributed by atoms with Crippen LogP contribution >= 0.6 is 0 Å². The van der Waals surface area contributed by atoms with Crippen LogP contribution in [-0.4, -0.2) is 9.55 Å². The highest BCUT2D eigenvalue weighted by atomic mass is 16.1. The van der Waals surface area contributed by atoms with Gasteiger partial charge in [0.1, 0.15) is 6.33 Å². The SMILES string of the molecule is Nc1ccc2ncn(-c3ccccc3)c(=O)c2c1. The first kappa shape index (κ1) is 10.5. The lowest BCUT2D eigenvalue weighted by molar-refractivity contribution is 0.963. The molecule has 0 radical (unpaired) electrons. The van der Waals surface area contributed by atoms with Crippen molar-refractivity contribution < 1.29 is 0 Å². The molecule has 2 aromatic carbocycles. The van der Waals surface area contributed by atoms with Crippen molar-refractivity contribution in [3.63, 3.8) is 0 Å². The average molecular weight is 237 g/mol. The van der Waals surface area contributed by atoms with E-state index in [4.69, 9.17) is 5.73 Å². The Bertz CT molecular complexity index is 763. The molecule has 1 heterocycles. The molecule has 0 aliphatic heterocycles. The molecule has 0 saturated carbocycles. The third-order valence-corrected chi connectivity index (χ3v) is 2.82. The molecule has 0 atom stereocenters. The van der Waals surface area contributed by atoms with Crippen LogP contribution in [0.25, 0.3) is 16.6 Å². The highest BCUT2D eigenvalue weighted by Gasteiger charge is 2.05. The second-order valence-electron chi connectivity index (χ2n) is 4.03. The van der Waals surface area contributed by atoms with E-state index in [9.17, 15) is 4.79 Å². The van der Waals surface area contributed by atoms with Gasteiger partial charge in [0.25, 0.3) is 5.56 Å². The van der Waals surface area contributed by atoms with Crippen molar-refractivity contribution in [2.24, 2.45) is 0 Å². The topological polar surface area (TPSA) is 60.9 Å². The summed E-state index contributed by atoms with van der Waals surface area (Å²) in [4.78, 5) is 16.6. The van der Waals surface area contributed by atoms with E-state index < -0.39 is 0 Å². The van der Waals surface area contributed by atoms with E-state index in [0.717, 1.165) is 5.69 Å². The minimum atomic E-state index is -0.112. The molecule has 0 amide bonds. The lowest BCUT2D eigenvalue weighted by Gasteiger charge is -2.06. The minimum absolute atomic E-state index is 0.112. The second-order valence-corrected chi connectivity index (χ2v) is 4.03. The van der Waals surface area contributed by atoms with Gasteiger partial charge in [0, 0.05) is 5.69 Å². The van der Waals surface area contributed by atoms with Gasteiger partial charge in [-0.2, -0.15) is 0 Å². The standard InChI is InChI=1S/C14H11N3O/c15-10-6-7-13-12(8-10)14(18)17(9-16-13)11-4-2-1-3-5-11/h1-9H,15H2. The maximum atomic E-state index is 12.3. The number of benzene rings is 2. The number of nitrogen functional groups attached to an aromatic ring is 1. The molecule has 0 unspecified atom stereocenters. The molecule has 4 nitrogen and oxygen atoms in total. The van der Waals surface area contributed by atoms with Gasteiger partial charge in [-0.05, 0) is 30.3 Å². The Balaban J connectivity index is 2.33. The molecule has 0 fully saturated rings. The number of nitrogens with zero attached hydrogens (tertiary/aromatic N) is 2. The Kier molecular flexibility index (Phi) is 2.34. The second kappa shape index (κ2) is 4.00. The molecular formula is C14H11N3O. The van der Waals surface area contributed by atoms with E-state index in [2.05, 4.69) is 4.98 Å². The molecule has 88 valence electrons. The van der Waals surface area contributed by atoms with Crippen LogP contribution in [0.3, 0.4) is 0 Å². The van der Waals surface area contributed by atoms with Crippen molar-refractivity contribution in [1.82, 2.24) is 9.55 Å². The number of nitrogens with two attached hydrogens (primary N) is 1. The molecule has 4 heteroatoms. The highest BCUT2D eigenvalue weighted by Crippen LogP contribution is 2.12. The Labute approximate surface area is 103 Å². The summed E-state index contributed by atoms with van der Waals surface area (Å²) in [6.45, 7) is 0. The molecule has 0 bridgehead atoms. The third kappa shape index (κ3) is 1.64. The van der Waals surface area contributed by atoms with Gasteiger partial charge >= 0.3 is 0 Å².